The molecule has 4 heteroatoms. The second-order valence-corrected chi connectivity index (χ2v) is 7.51. The molecule has 0 bridgehead atoms. The summed E-state index contributed by atoms with van der Waals surface area (Å²) in [6.45, 7) is 12.4. The summed E-state index contributed by atoms with van der Waals surface area (Å²) in [6, 6.07) is 0. The van der Waals surface area contributed by atoms with Gasteiger partial charge < -0.3 is 11.1 Å². The van der Waals surface area contributed by atoms with Crippen LogP contribution in [0.4, 0.5) is 0 Å². The fourth-order valence-electron chi connectivity index (χ4n) is 0.879. The molecule has 0 saturated carbocycles. The predicted molar refractivity (Wildman–Crippen MR) is 72.7 cm³/mol. The first kappa shape index (κ1) is 15.8. The van der Waals surface area contributed by atoms with Crippen LogP contribution in [0.25, 0.3) is 0 Å². The summed E-state index contributed by atoms with van der Waals surface area (Å²) in [5.41, 5.74) is 4.92. The summed E-state index contributed by atoms with van der Waals surface area (Å²) in [4.78, 5) is 12.1. The summed E-state index contributed by atoms with van der Waals surface area (Å²) in [7, 11) is 0. The number of thioether (sulfide) groups is 1. The van der Waals surface area contributed by atoms with Gasteiger partial charge in [-0.15, -0.1) is 0 Å². The number of amides is 1. The number of hydrogen-bond acceptors (Lipinski definition) is 3. The van der Waals surface area contributed by atoms with Crippen molar-refractivity contribution in [2.24, 2.45) is 11.1 Å². The van der Waals surface area contributed by atoms with Gasteiger partial charge in [0.1, 0.15) is 0 Å². The molecular formula is C12H26N2OS. The van der Waals surface area contributed by atoms with E-state index in [-0.39, 0.29) is 10.7 Å². The molecule has 0 spiro atoms. The summed E-state index contributed by atoms with van der Waals surface area (Å²) >= 11 is 1.74. The Morgan fingerprint density at radius 1 is 1.19 bits per heavy atom. The third-order valence-corrected chi connectivity index (χ3v) is 4.66. The molecule has 0 aromatic heterocycles. The molecule has 0 fully saturated rings. The second kappa shape index (κ2) is 4.96. The first-order valence-corrected chi connectivity index (χ1v) is 6.79. The maximum Gasteiger partial charge on any atom is 0.227 e. The third-order valence-electron chi connectivity index (χ3n) is 3.41. The van der Waals surface area contributed by atoms with Crippen molar-refractivity contribution >= 4 is 17.7 Å². The summed E-state index contributed by atoms with van der Waals surface area (Å²) in [5.74, 6) is 0.0159. The minimum Gasteiger partial charge on any atom is -0.354 e. The maximum absolute atomic E-state index is 12.1. The van der Waals surface area contributed by atoms with Crippen LogP contribution >= 0.6 is 11.8 Å². The highest BCUT2D eigenvalue weighted by Crippen LogP contribution is 2.29. The van der Waals surface area contributed by atoms with Crippen molar-refractivity contribution in [3.8, 4) is 0 Å². The van der Waals surface area contributed by atoms with Crippen LogP contribution in [0.3, 0.4) is 0 Å². The highest BCUT2D eigenvalue weighted by Gasteiger charge is 2.40. The van der Waals surface area contributed by atoms with E-state index in [4.69, 9.17) is 5.73 Å². The van der Waals surface area contributed by atoms with Gasteiger partial charge in [-0.3, -0.25) is 4.79 Å². The minimum absolute atomic E-state index is 0.0159. The quantitative estimate of drug-likeness (QED) is 0.780. The molecule has 3 N–H and O–H groups in total. The highest BCUT2D eigenvalue weighted by molar-refractivity contribution is 7.99. The Hall–Kier alpha value is -0.220. The van der Waals surface area contributed by atoms with E-state index in [1.54, 1.807) is 11.8 Å². The second-order valence-electron chi connectivity index (χ2n) is 5.99. The lowest BCUT2D eigenvalue weighted by Gasteiger charge is -2.37. The van der Waals surface area contributed by atoms with Crippen LogP contribution in [-0.2, 0) is 4.79 Å². The zero-order valence-corrected chi connectivity index (χ0v) is 12.4. The Bertz CT molecular complexity index is 254. The van der Waals surface area contributed by atoms with Crippen molar-refractivity contribution in [2.45, 2.75) is 51.8 Å². The predicted octanol–water partition coefficient (Wildman–Crippen LogP) is 2.01. The molecule has 1 amide bonds. The molecule has 0 unspecified atom stereocenters. The van der Waals surface area contributed by atoms with Gasteiger partial charge in [-0.05, 0) is 47.8 Å². The molecule has 0 aliphatic rings. The average Bonchev–Trinajstić information content (AvgIpc) is 2.12. The molecule has 0 rings (SSSR count). The number of carbonyl (C=O) groups excluding carboxylic acids is 1. The highest BCUT2D eigenvalue weighted by atomic mass is 32.2. The van der Waals surface area contributed by atoms with E-state index >= 15 is 0 Å². The van der Waals surface area contributed by atoms with E-state index in [0.29, 0.717) is 6.54 Å². The molecule has 0 aromatic carbocycles. The molecule has 3 nitrogen and oxygen atoms in total. The van der Waals surface area contributed by atoms with E-state index < -0.39 is 11.0 Å². The van der Waals surface area contributed by atoms with Gasteiger partial charge in [0.15, 0.2) is 0 Å². The lowest BCUT2D eigenvalue weighted by Crippen LogP contribution is -2.56. The van der Waals surface area contributed by atoms with Gasteiger partial charge in [0.05, 0.1) is 5.41 Å². The number of carbonyl (C=O) groups is 1. The Balaban J connectivity index is 4.50. The van der Waals surface area contributed by atoms with Gasteiger partial charge in [-0.1, -0.05) is 0 Å². The lowest BCUT2D eigenvalue weighted by atomic mass is 9.74. The Morgan fingerprint density at radius 3 is 1.94 bits per heavy atom. The van der Waals surface area contributed by atoms with Crippen molar-refractivity contribution in [1.29, 1.82) is 0 Å². The number of nitrogens with two attached hydrogens (primary N) is 1. The Kier molecular flexibility index (Phi) is 4.89. The molecule has 0 saturated heterocycles. The van der Waals surface area contributed by atoms with E-state index in [1.165, 1.54) is 0 Å². The van der Waals surface area contributed by atoms with Crippen molar-refractivity contribution in [2.75, 3.05) is 12.8 Å². The monoisotopic (exact) mass is 246 g/mol. The normalized spacial score (nSPS) is 13.8. The molecule has 0 aromatic rings. The number of rotatable bonds is 5. The van der Waals surface area contributed by atoms with Gasteiger partial charge in [-0.25, -0.2) is 0 Å². The molecular weight excluding hydrogens is 220 g/mol. The van der Waals surface area contributed by atoms with Gasteiger partial charge in [0.2, 0.25) is 5.91 Å². The Labute approximate surface area is 104 Å². The smallest absolute Gasteiger partial charge is 0.227 e. The summed E-state index contributed by atoms with van der Waals surface area (Å²) < 4.78 is 0.0600. The van der Waals surface area contributed by atoms with Crippen molar-refractivity contribution in [3.63, 3.8) is 0 Å². The lowest BCUT2D eigenvalue weighted by molar-refractivity contribution is -0.132. The molecule has 0 radical (unpaired) electrons. The molecule has 0 aliphatic carbocycles. The zero-order chi connectivity index (χ0) is 13.2. The van der Waals surface area contributed by atoms with Crippen LogP contribution in [0.2, 0.25) is 0 Å². The third kappa shape index (κ3) is 3.98. The average molecular weight is 246 g/mol. The summed E-state index contributed by atoms with van der Waals surface area (Å²) in [5, 5.41) is 2.98. The van der Waals surface area contributed by atoms with Crippen LogP contribution in [0.1, 0.15) is 41.5 Å². The van der Waals surface area contributed by atoms with E-state index in [1.807, 2.05) is 34.0 Å². The van der Waals surface area contributed by atoms with Crippen molar-refractivity contribution in [3.05, 3.63) is 0 Å². The van der Waals surface area contributed by atoms with Gasteiger partial charge in [-0.2, -0.15) is 11.8 Å². The standard InChI is InChI=1S/C12H26N2OS/c1-10(2,16-7)8-14-9(15)11(3,4)12(5,6)13/h8,13H2,1-7H3,(H,14,15). The van der Waals surface area contributed by atoms with Crippen molar-refractivity contribution < 1.29 is 4.79 Å². The molecule has 16 heavy (non-hydrogen) atoms. The largest absolute Gasteiger partial charge is 0.354 e. The number of nitrogens with one attached hydrogen (secondary N) is 1. The van der Waals surface area contributed by atoms with Gasteiger partial charge >= 0.3 is 0 Å². The fraction of sp³-hybridized carbons (Fsp3) is 0.917. The number of hydrogen-bond donors (Lipinski definition) is 2. The van der Waals surface area contributed by atoms with E-state index in [0.717, 1.165) is 0 Å². The first-order chi connectivity index (χ1) is 6.94. The molecule has 96 valence electrons. The SMILES string of the molecule is CSC(C)(C)CNC(=O)C(C)(C)C(C)(C)N. The van der Waals surface area contributed by atoms with Gasteiger partial charge in [0, 0.05) is 16.8 Å². The molecule has 0 aliphatic heterocycles. The first-order valence-electron chi connectivity index (χ1n) is 5.56. The van der Waals surface area contributed by atoms with Gasteiger partial charge in [0.25, 0.3) is 0 Å². The van der Waals surface area contributed by atoms with Crippen LogP contribution < -0.4 is 11.1 Å². The molecule has 0 atom stereocenters. The minimum atomic E-state index is -0.568. The fourth-order valence-corrected chi connectivity index (χ4v) is 1.10. The molecule has 0 heterocycles. The topological polar surface area (TPSA) is 55.1 Å². The van der Waals surface area contributed by atoms with Crippen LogP contribution in [-0.4, -0.2) is 29.0 Å². The van der Waals surface area contributed by atoms with Crippen LogP contribution in [0, 0.1) is 5.41 Å². The van der Waals surface area contributed by atoms with Crippen LogP contribution in [0.15, 0.2) is 0 Å². The maximum atomic E-state index is 12.1. The zero-order valence-electron chi connectivity index (χ0n) is 11.6. The van der Waals surface area contributed by atoms with E-state index in [2.05, 4.69) is 19.2 Å². The Morgan fingerprint density at radius 2 is 1.62 bits per heavy atom. The van der Waals surface area contributed by atoms with Crippen LogP contribution in [0.5, 0.6) is 0 Å². The summed E-state index contributed by atoms with van der Waals surface area (Å²) in [6.07, 6.45) is 2.05. The van der Waals surface area contributed by atoms with Crippen molar-refractivity contribution in [1.82, 2.24) is 5.32 Å². The van der Waals surface area contributed by atoms with E-state index in [9.17, 15) is 4.79 Å².